The summed E-state index contributed by atoms with van der Waals surface area (Å²) >= 11 is 0. The number of halogens is 1. The van der Waals surface area contributed by atoms with Gasteiger partial charge in [0.15, 0.2) is 9.84 Å². The highest BCUT2D eigenvalue weighted by atomic mass is 32.2. The van der Waals surface area contributed by atoms with Crippen LogP contribution in [0.5, 0.6) is 0 Å². The number of hydrogen-bond acceptors (Lipinski definition) is 3. The molecule has 1 aromatic rings. The van der Waals surface area contributed by atoms with Crippen LogP contribution in [0, 0.1) is 11.7 Å². The summed E-state index contributed by atoms with van der Waals surface area (Å²) in [5.74, 6) is -0.263. The van der Waals surface area contributed by atoms with Crippen LogP contribution in [0.4, 0.5) is 14.9 Å². The van der Waals surface area contributed by atoms with E-state index < -0.39 is 15.7 Å². The third kappa shape index (κ3) is 3.34. The van der Waals surface area contributed by atoms with Gasteiger partial charge in [-0.1, -0.05) is 12.8 Å². The lowest BCUT2D eigenvalue weighted by molar-refractivity contribution is 0.182. The van der Waals surface area contributed by atoms with Crippen molar-refractivity contribution >= 4 is 21.6 Å². The van der Waals surface area contributed by atoms with Gasteiger partial charge < -0.3 is 10.2 Å². The van der Waals surface area contributed by atoms with Crippen molar-refractivity contribution in [2.75, 3.05) is 18.1 Å². The lowest BCUT2D eigenvalue weighted by Crippen LogP contribution is -2.41. The van der Waals surface area contributed by atoms with Crippen LogP contribution >= 0.6 is 0 Å². The zero-order valence-electron chi connectivity index (χ0n) is 13.1. The van der Waals surface area contributed by atoms with Crippen LogP contribution < -0.4 is 5.32 Å². The van der Waals surface area contributed by atoms with Gasteiger partial charge in [0.1, 0.15) is 10.7 Å². The first-order valence-corrected chi connectivity index (χ1v) is 9.82. The number of urea groups is 1. The molecule has 0 radical (unpaired) electrons. The van der Waals surface area contributed by atoms with Crippen LogP contribution in [0.3, 0.4) is 0 Å². The van der Waals surface area contributed by atoms with E-state index in [1.165, 1.54) is 25.0 Å². The van der Waals surface area contributed by atoms with Gasteiger partial charge in [-0.25, -0.2) is 17.6 Å². The third-order valence-electron chi connectivity index (χ3n) is 4.85. The van der Waals surface area contributed by atoms with Gasteiger partial charge in [0, 0.05) is 24.5 Å². The molecule has 0 bridgehead atoms. The minimum absolute atomic E-state index is 0.231. The molecule has 126 valence electrons. The standard InChI is InChI=1S/C16H21FN2O3S/c1-23(21,22)15-7-6-12(10-13(15)17)18-16(20)19-9-8-11-4-2-3-5-14(11)19/h6-7,10-11,14H,2-5,8-9H2,1H3,(H,18,20)/t11-,14-/m1/s1. The second kappa shape index (κ2) is 6.11. The number of amides is 2. The van der Waals surface area contributed by atoms with Gasteiger partial charge in [-0.3, -0.25) is 0 Å². The molecule has 7 heteroatoms. The molecule has 5 nitrogen and oxygen atoms in total. The summed E-state index contributed by atoms with van der Waals surface area (Å²) in [5, 5.41) is 2.69. The number of anilines is 1. The molecule has 1 aromatic carbocycles. The fraction of sp³-hybridized carbons (Fsp3) is 0.562. The van der Waals surface area contributed by atoms with Crippen LogP contribution in [0.15, 0.2) is 23.1 Å². The van der Waals surface area contributed by atoms with E-state index >= 15 is 0 Å². The third-order valence-corrected chi connectivity index (χ3v) is 5.98. The van der Waals surface area contributed by atoms with Crippen molar-refractivity contribution in [2.45, 2.75) is 43.0 Å². The summed E-state index contributed by atoms with van der Waals surface area (Å²) in [5.41, 5.74) is 0.277. The Kier molecular flexibility index (Phi) is 4.31. The average Bonchev–Trinajstić information content (AvgIpc) is 2.90. The number of sulfone groups is 1. The number of nitrogens with one attached hydrogen (secondary N) is 1. The van der Waals surface area contributed by atoms with Crippen molar-refractivity contribution in [1.29, 1.82) is 0 Å². The molecule has 1 N–H and O–H groups in total. The molecule has 1 saturated heterocycles. The second-order valence-corrected chi connectivity index (χ2v) is 8.43. The summed E-state index contributed by atoms with van der Waals surface area (Å²) < 4.78 is 36.7. The lowest BCUT2D eigenvalue weighted by Gasteiger charge is -2.31. The molecule has 23 heavy (non-hydrogen) atoms. The molecule has 1 heterocycles. The highest BCUT2D eigenvalue weighted by molar-refractivity contribution is 7.90. The van der Waals surface area contributed by atoms with Crippen LogP contribution in [0.1, 0.15) is 32.1 Å². The van der Waals surface area contributed by atoms with E-state index in [0.717, 1.165) is 38.1 Å². The molecule has 1 saturated carbocycles. The predicted octanol–water partition coefficient (Wildman–Crippen LogP) is 3.03. The van der Waals surface area contributed by atoms with Crippen molar-refractivity contribution in [3.05, 3.63) is 24.0 Å². The normalized spacial score (nSPS) is 24.3. The van der Waals surface area contributed by atoms with Gasteiger partial charge in [0.05, 0.1) is 0 Å². The molecule has 2 atom stereocenters. The van der Waals surface area contributed by atoms with E-state index in [1.54, 1.807) is 0 Å². The molecule has 0 unspecified atom stereocenters. The summed E-state index contributed by atoms with van der Waals surface area (Å²) in [6, 6.07) is 3.72. The smallest absolute Gasteiger partial charge is 0.321 e. The summed E-state index contributed by atoms with van der Waals surface area (Å²) in [6.45, 7) is 0.727. The first-order valence-electron chi connectivity index (χ1n) is 7.93. The number of rotatable bonds is 2. The van der Waals surface area contributed by atoms with Crippen molar-refractivity contribution in [3.8, 4) is 0 Å². The zero-order valence-corrected chi connectivity index (χ0v) is 13.9. The number of fused-ring (bicyclic) bond motifs is 1. The quantitative estimate of drug-likeness (QED) is 0.900. The Labute approximate surface area is 135 Å². The number of likely N-dealkylation sites (tertiary alicyclic amines) is 1. The van der Waals surface area contributed by atoms with Crippen molar-refractivity contribution in [2.24, 2.45) is 5.92 Å². The van der Waals surface area contributed by atoms with E-state index in [4.69, 9.17) is 0 Å². The summed E-state index contributed by atoms with van der Waals surface area (Å²) in [7, 11) is -3.61. The van der Waals surface area contributed by atoms with Gasteiger partial charge in [-0.05, 0) is 43.4 Å². The highest BCUT2D eigenvalue weighted by Crippen LogP contribution is 2.36. The van der Waals surface area contributed by atoms with Crippen LogP contribution in [-0.4, -0.2) is 38.2 Å². The fourth-order valence-corrected chi connectivity index (χ4v) is 4.46. The molecule has 2 aliphatic rings. The zero-order chi connectivity index (χ0) is 16.6. The van der Waals surface area contributed by atoms with Crippen molar-refractivity contribution < 1.29 is 17.6 Å². The number of hydrogen-bond donors (Lipinski definition) is 1. The molecule has 1 aliphatic carbocycles. The second-order valence-electron chi connectivity index (χ2n) is 6.44. The summed E-state index contributed by atoms with van der Waals surface area (Å²) in [6.07, 6.45) is 6.56. The van der Waals surface area contributed by atoms with Crippen LogP contribution in [0.25, 0.3) is 0 Å². The Morgan fingerprint density at radius 3 is 2.70 bits per heavy atom. The molecule has 0 aromatic heterocycles. The van der Waals surface area contributed by atoms with Crippen LogP contribution in [-0.2, 0) is 9.84 Å². The Morgan fingerprint density at radius 1 is 1.26 bits per heavy atom. The molecular formula is C16H21FN2O3S. The maximum Gasteiger partial charge on any atom is 0.322 e. The van der Waals surface area contributed by atoms with Gasteiger partial charge in [0.2, 0.25) is 0 Å². The summed E-state index contributed by atoms with van der Waals surface area (Å²) in [4.78, 5) is 13.9. The van der Waals surface area contributed by atoms with E-state index in [2.05, 4.69) is 5.32 Å². The Hall–Kier alpha value is -1.63. The average molecular weight is 340 g/mol. The number of carbonyl (C=O) groups is 1. The number of benzene rings is 1. The predicted molar refractivity (Wildman–Crippen MR) is 85.6 cm³/mol. The maximum absolute atomic E-state index is 13.9. The monoisotopic (exact) mass is 340 g/mol. The SMILES string of the molecule is CS(=O)(=O)c1ccc(NC(=O)N2CC[C@H]3CCCC[C@H]32)cc1F. The Balaban J connectivity index is 1.72. The van der Waals surface area contributed by atoms with Gasteiger partial charge in [-0.15, -0.1) is 0 Å². The number of carbonyl (C=O) groups excluding carboxylic acids is 1. The molecule has 2 amide bonds. The molecular weight excluding hydrogens is 319 g/mol. The lowest BCUT2D eigenvalue weighted by atomic mass is 9.85. The molecule has 2 fully saturated rings. The molecule has 3 rings (SSSR count). The van der Waals surface area contributed by atoms with Crippen LogP contribution in [0.2, 0.25) is 0 Å². The maximum atomic E-state index is 13.9. The minimum Gasteiger partial charge on any atom is -0.321 e. The topological polar surface area (TPSA) is 66.5 Å². The minimum atomic E-state index is -3.61. The highest BCUT2D eigenvalue weighted by Gasteiger charge is 2.38. The Morgan fingerprint density at radius 2 is 2.00 bits per heavy atom. The van der Waals surface area contributed by atoms with E-state index in [0.29, 0.717) is 5.92 Å². The van der Waals surface area contributed by atoms with E-state index in [1.807, 2.05) is 4.90 Å². The largest absolute Gasteiger partial charge is 0.322 e. The van der Waals surface area contributed by atoms with Gasteiger partial charge in [-0.2, -0.15) is 0 Å². The van der Waals surface area contributed by atoms with E-state index in [-0.39, 0.29) is 22.7 Å². The van der Waals surface area contributed by atoms with Crippen molar-refractivity contribution in [1.82, 2.24) is 4.90 Å². The molecule has 1 aliphatic heterocycles. The first kappa shape index (κ1) is 16.2. The Bertz CT molecular complexity index is 720. The number of nitrogens with zero attached hydrogens (tertiary/aromatic N) is 1. The van der Waals surface area contributed by atoms with Gasteiger partial charge in [0.25, 0.3) is 0 Å². The molecule has 0 spiro atoms. The van der Waals surface area contributed by atoms with E-state index in [9.17, 15) is 17.6 Å². The van der Waals surface area contributed by atoms with Gasteiger partial charge >= 0.3 is 6.03 Å². The van der Waals surface area contributed by atoms with Crippen molar-refractivity contribution in [3.63, 3.8) is 0 Å². The first-order chi connectivity index (χ1) is 10.9. The fourth-order valence-electron chi connectivity index (χ4n) is 3.73.